The molecule has 152 valence electrons. The fraction of sp³-hybridized carbons (Fsp3) is 0.389. The lowest BCUT2D eigenvalue weighted by Gasteiger charge is -2.15. The molecule has 0 bridgehead atoms. The number of nitrogens with zero attached hydrogens (tertiary/aromatic N) is 4. The SMILES string of the molecule is CN(C)C=O.COc1cc(/C=N/Nc2nnc(C(C)(C)C)c(=O)[nH]2)ccc1O. The first kappa shape index (κ1) is 22.6. The van der Waals surface area contributed by atoms with Crippen LogP contribution in [0.5, 0.6) is 11.5 Å². The van der Waals surface area contributed by atoms with E-state index in [4.69, 9.17) is 4.74 Å². The molecule has 28 heavy (non-hydrogen) atoms. The number of aromatic nitrogens is 3. The zero-order valence-corrected chi connectivity index (χ0v) is 16.8. The monoisotopic (exact) mass is 390 g/mol. The molecule has 0 spiro atoms. The summed E-state index contributed by atoms with van der Waals surface area (Å²) in [5.74, 6) is 0.534. The number of aromatic amines is 1. The molecule has 0 unspecified atom stereocenters. The highest BCUT2D eigenvalue weighted by Gasteiger charge is 2.20. The number of rotatable bonds is 5. The molecule has 2 rings (SSSR count). The van der Waals surface area contributed by atoms with Crippen LogP contribution in [0.25, 0.3) is 0 Å². The van der Waals surface area contributed by atoms with Gasteiger partial charge in [-0.05, 0) is 23.8 Å². The summed E-state index contributed by atoms with van der Waals surface area (Å²) in [7, 11) is 4.84. The van der Waals surface area contributed by atoms with Crippen LogP contribution in [0, 0.1) is 0 Å². The Morgan fingerprint density at radius 1 is 1.29 bits per heavy atom. The molecule has 0 saturated carbocycles. The molecule has 3 N–H and O–H groups in total. The molecule has 1 aromatic heterocycles. The molecule has 0 atom stereocenters. The molecule has 0 aliphatic heterocycles. The molecule has 0 fully saturated rings. The fourth-order valence-corrected chi connectivity index (χ4v) is 1.82. The summed E-state index contributed by atoms with van der Waals surface area (Å²) in [5, 5.41) is 21.3. The number of aromatic hydroxyl groups is 1. The van der Waals surface area contributed by atoms with E-state index < -0.39 is 0 Å². The normalized spacial score (nSPS) is 10.8. The number of hydrazone groups is 1. The smallest absolute Gasteiger partial charge is 0.274 e. The number of phenolic OH excluding ortho intramolecular Hbond substituents is 1. The van der Waals surface area contributed by atoms with Crippen LogP contribution in [0.4, 0.5) is 5.95 Å². The quantitative estimate of drug-likeness (QED) is 0.398. The highest BCUT2D eigenvalue weighted by molar-refractivity contribution is 5.81. The van der Waals surface area contributed by atoms with Gasteiger partial charge in [0.2, 0.25) is 12.4 Å². The summed E-state index contributed by atoms with van der Waals surface area (Å²) in [6, 6.07) is 4.79. The van der Waals surface area contributed by atoms with Gasteiger partial charge in [0.1, 0.15) is 5.69 Å². The summed E-state index contributed by atoms with van der Waals surface area (Å²) in [6.45, 7) is 5.65. The van der Waals surface area contributed by atoms with Gasteiger partial charge in [0.25, 0.3) is 5.56 Å². The molecule has 0 saturated heterocycles. The number of H-pyrrole nitrogens is 1. The Kier molecular flexibility index (Phi) is 8.11. The van der Waals surface area contributed by atoms with Crippen molar-refractivity contribution in [3.63, 3.8) is 0 Å². The van der Waals surface area contributed by atoms with E-state index in [1.807, 2.05) is 20.8 Å². The van der Waals surface area contributed by atoms with Gasteiger partial charge in [0, 0.05) is 19.5 Å². The van der Waals surface area contributed by atoms with E-state index in [0.717, 1.165) is 6.41 Å². The van der Waals surface area contributed by atoms with Crippen molar-refractivity contribution >= 4 is 18.6 Å². The van der Waals surface area contributed by atoms with Gasteiger partial charge in [0.15, 0.2) is 11.5 Å². The van der Waals surface area contributed by atoms with Crippen LogP contribution >= 0.6 is 0 Å². The van der Waals surface area contributed by atoms with Gasteiger partial charge < -0.3 is 14.7 Å². The fourth-order valence-electron chi connectivity index (χ4n) is 1.82. The van der Waals surface area contributed by atoms with Gasteiger partial charge in [-0.1, -0.05) is 20.8 Å². The predicted molar refractivity (Wildman–Crippen MR) is 107 cm³/mol. The molecule has 10 nitrogen and oxygen atoms in total. The molecule has 0 aliphatic rings. The number of amides is 1. The summed E-state index contributed by atoms with van der Waals surface area (Å²) < 4.78 is 5.01. The number of hydrogen-bond donors (Lipinski definition) is 3. The minimum Gasteiger partial charge on any atom is -0.504 e. The van der Waals surface area contributed by atoms with E-state index >= 15 is 0 Å². The lowest BCUT2D eigenvalue weighted by atomic mass is 9.93. The third-order valence-electron chi connectivity index (χ3n) is 3.21. The Morgan fingerprint density at radius 2 is 1.93 bits per heavy atom. The van der Waals surface area contributed by atoms with Crippen LogP contribution in [0.2, 0.25) is 0 Å². The van der Waals surface area contributed by atoms with Gasteiger partial charge in [-0.2, -0.15) is 5.10 Å². The predicted octanol–water partition coefficient (Wildman–Crippen LogP) is 1.33. The van der Waals surface area contributed by atoms with Crippen molar-refractivity contribution in [2.45, 2.75) is 26.2 Å². The number of phenols is 1. The average molecular weight is 390 g/mol. The average Bonchev–Trinajstić information content (AvgIpc) is 2.62. The maximum Gasteiger partial charge on any atom is 0.274 e. The number of methoxy groups -OCH3 is 1. The molecule has 0 aliphatic carbocycles. The minimum absolute atomic E-state index is 0.0468. The highest BCUT2D eigenvalue weighted by atomic mass is 16.5. The zero-order valence-electron chi connectivity index (χ0n) is 16.8. The zero-order chi connectivity index (χ0) is 21.3. The van der Waals surface area contributed by atoms with Crippen LogP contribution in [-0.2, 0) is 10.2 Å². The maximum atomic E-state index is 11.9. The summed E-state index contributed by atoms with van der Waals surface area (Å²) in [5.41, 5.74) is 2.97. The van der Waals surface area contributed by atoms with Gasteiger partial charge >= 0.3 is 0 Å². The van der Waals surface area contributed by atoms with Crippen LogP contribution in [0.15, 0.2) is 28.1 Å². The Morgan fingerprint density at radius 3 is 2.43 bits per heavy atom. The van der Waals surface area contributed by atoms with Crippen LogP contribution in [0.1, 0.15) is 32.0 Å². The third kappa shape index (κ3) is 7.06. The third-order valence-corrected chi connectivity index (χ3v) is 3.21. The molecule has 1 heterocycles. The van der Waals surface area contributed by atoms with Crippen LogP contribution in [0.3, 0.4) is 0 Å². The highest BCUT2D eigenvalue weighted by Crippen LogP contribution is 2.25. The van der Waals surface area contributed by atoms with Crippen molar-refractivity contribution in [3.05, 3.63) is 39.8 Å². The number of carbonyl (C=O) groups is 1. The van der Waals surface area contributed by atoms with E-state index in [9.17, 15) is 14.7 Å². The summed E-state index contributed by atoms with van der Waals surface area (Å²) in [4.78, 5) is 25.4. The Labute approximate surface area is 163 Å². The topological polar surface area (TPSA) is 133 Å². The first-order chi connectivity index (χ1) is 13.1. The van der Waals surface area contributed by atoms with Gasteiger partial charge in [-0.3, -0.25) is 14.6 Å². The lowest BCUT2D eigenvalue weighted by Crippen LogP contribution is -2.28. The number of anilines is 1. The minimum atomic E-state index is -0.384. The van der Waals surface area contributed by atoms with Crippen molar-refractivity contribution in [1.82, 2.24) is 20.1 Å². The van der Waals surface area contributed by atoms with Crippen molar-refractivity contribution < 1.29 is 14.6 Å². The second-order valence-electron chi connectivity index (χ2n) is 6.97. The molecule has 10 heteroatoms. The summed E-state index contributed by atoms with van der Waals surface area (Å²) >= 11 is 0. The van der Waals surface area contributed by atoms with Crippen LogP contribution in [-0.4, -0.2) is 59.0 Å². The largest absolute Gasteiger partial charge is 0.504 e. The number of nitrogens with one attached hydrogen (secondary N) is 2. The van der Waals surface area contributed by atoms with Crippen molar-refractivity contribution in [1.29, 1.82) is 0 Å². The van der Waals surface area contributed by atoms with Gasteiger partial charge in [0.05, 0.1) is 13.3 Å². The Hall–Kier alpha value is -3.43. The van der Waals surface area contributed by atoms with E-state index in [2.05, 4.69) is 25.7 Å². The lowest BCUT2D eigenvalue weighted by molar-refractivity contribution is -0.115. The molecule has 2 aromatic rings. The van der Waals surface area contributed by atoms with E-state index in [0.29, 0.717) is 17.0 Å². The molecule has 0 radical (unpaired) electrons. The van der Waals surface area contributed by atoms with E-state index in [1.54, 1.807) is 26.2 Å². The second-order valence-corrected chi connectivity index (χ2v) is 6.97. The molecular weight excluding hydrogens is 364 g/mol. The van der Waals surface area contributed by atoms with Crippen molar-refractivity contribution in [3.8, 4) is 11.5 Å². The molecule has 1 aromatic carbocycles. The molecular formula is C18H26N6O4. The summed E-state index contributed by atoms with van der Waals surface area (Å²) in [6.07, 6.45) is 2.25. The maximum absolute atomic E-state index is 11.9. The number of carbonyl (C=O) groups excluding carboxylic acids is 1. The molecule has 1 amide bonds. The van der Waals surface area contributed by atoms with Crippen molar-refractivity contribution in [2.24, 2.45) is 5.10 Å². The van der Waals surface area contributed by atoms with Crippen LogP contribution < -0.4 is 15.7 Å². The second kappa shape index (κ2) is 10.0. The first-order valence-electron chi connectivity index (χ1n) is 8.33. The number of benzene rings is 1. The van der Waals surface area contributed by atoms with E-state index in [-0.39, 0.29) is 22.7 Å². The van der Waals surface area contributed by atoms with Gasteiger partial charge in [-0.15, -0.1) is 10.2 Å². The Bertz CT molecular complexity index is 871. The van der Waals surface area contributed by atoms with Crippen molar-refractivity contribution in [2.75, 3.05) is 26.6 Å². The number of hydrogen-bond acceptors (Lipinski definition) is 8. The standard InChI is InChI=1S/C15H19N5O3.C3H7NO/c1-15(2,3)12-13(22)17-14(20-18-12)19-16-8-9-5-6-10(21)11(7-9)23-4;1-4(2)3-5/h5-8,21H,1-4H3,(H2,17,19,20,22);3H,1-2H3/b16-8+;. The van der Waals surface area contributed by atoms with E-state index in [1.165, 1.54) is 24.3 Å². The first-order valence-corrected chi connectivity index (χ1v) is 8.33. The van der Waals surface area contributed by atoms with Gasteiger partial charge in [-0.25, -0.2) is 5.43 Å². The Balaban J connectivity index is 0.000000696. The number of ether oxygens (including phenoxy) is 1.